The molecule has 0 saturated carbocycles. The first-order valence-corrected chi connectivity index (χ1v) is 4.53. The Morgan fingerprint density at radius 2 is 2.50 bits per heavy atom. The van der Waals surface area contributed by atoms with Crippen molar-refractivity contribution >= 4 is 11.6 Å². The van der Waals surface area contributed by atoms with Crippen LogP contribution in [-0.2, 0) is 0 Å². The molecular formula is C9H15Cl. The van der Waals surface area contributed by atoms with Crippen LogP contribution >= 0.6 is 11.6 Å². The van der Waals surface area contributed by atoms with Crippen molar-refractivity contribution in [2.45, 2.75) is 38.0 Å². The van der Waals surface area contributed by atoms with Gasteiger partial charge in [0.05, 0.1) is 0 Å². The van der Waals surface area contributed by atoms with Crippen LogP contribution in [0.25, 0.3) is 0 Å². The van der Waals surface area contributed by atoms with Crippen LogP contribution in [0.1, 0.15) is 32.6 Å². The fourth-order valence-electron chi connectivity index (χ4n) is 1.50. The van der Waals surface area contributed by atoms with E-state index in [1.165, 1.54) is 19.3 Å². The molecule has 0 heterocycles. The zero-order chi connectivity index (χ0) is 7.40. The molecule has 0 aromatic carbocycles. The lowest BCUT2D eigenvalue weighted by Crippen LogP contribution is -2.05. The van der Waals surface area contributed by atoms with E-state index >= 15 is 0 Å². The van der Waals surface area contributed by atoms with E-state index in [2.05, 4.69) is 19.1 Å². The normalized spacial score (nSPS) is 28.4. The Balaban J connectivity index is 2.26. The summed E-state index contributed by atoms with van der Waals surface area (Å²) in [5.41, 5.74) is 0. The maximum atomic E-state index is 5.88. The van der Waals surface area contributed by atoms with Gasteiger partial charge in [-0.25, -0.2) is 0 Å². The van der Waals surface area contributed by atoms with Crippen LogP contribution in [0.3, 0.4) is 0 Å². The second kappa shape index (κ2) is 4.02. The van der Waals surface area contributed by atoms with E-state index in [4.69, 9.17) is 11.6 Å². The highest BCUT2D eigenvalue weighted by Gasteiger charge is 2.10. The Morgan fingerprint density at radius 1 is 1.70 bits per heavy atom. The van der Waals surface area contributed by atoms with Crippen molar-refractivity contribution in [2.24, 2.45) is 5.92 Å². The summed E-state index contributed by atoms with van der Waals surface area (Å²) in [6.07, 6.45) is 9.72. The molecule has 1 heteroatoms. The standard InChI is InChI=1S/C9H15Cl/c1-8(10)7-9-5-3-2-4-6-9/h3,5,8-9H,2,4,6-7H2,1H3/t8-,9+/m0/s1. The summed E-state index contributed by atoms with van der Waals surface area (Å²) in [6.45, 7) is 2.07. The maximum absolute atomic E-state index is 5.88. The quantitative estimate of drug-likeness (QED) is 0.427. The fraction of sp³-hybridized carbons (Fsp3) is 0.778. The van der Waals surface area contributed by atoms with E-state index in [0.29, 0.717) is 5.38 Å². The Labute approximate surface area is 68.3 Å². The van der Waals surface area contributed by atoms with E-state index in [1.807, 2.05) is 0 Å². The Kier molecular flexibility index (Phi) is 3.27. The van der Waals surface area contributed by atoms with Crippen molar-refractivity contribution in [1.82, 2.24) is 0 Å². The van der Waals surface area contributed by atoms with Crippen LogP contribution in [-0.4, -0.2) is 5.38 Å². The van der Waals surface area contributed by atoms with Crippen molar-refractivity contribution < 1.29 is 0 Å². The summed E-state index contributed by atoms with van der Waals surface area (Å²) in [4.78, 5) is 0. The lowest BCUT2D eigenvalue weighted by Gasteiger charge is -2.16. The molecule has 10 heavy (non-hydrogen) atoms. The smallest absolute Gasteiger partial charge is 0.0313 e. The summed E-state index contributed by atoms with van der Waals surface area (Å²) < 4.78 is 0. The summed E-state index contributed by atoms with van der Waals surface area (Å²) in [7, 11) is 0. The summed E-state index contributed by atoms with van der Waals surface area (Å²) >= 11 is 5.88. The molecule has 1 aliphatic carbocycles. The zero-order valence-electron chi connectivity index (χ0n) is 6.52. The molecule has 1 rings (SSSR count). The van der Waals surface area contributed by atoms with Gasteiger partial charge >= 0.3 is 0 Å². The molecule has 0 aliphatic heterocycles. The van der Waals surface area contributed by atoms with Crippen LogP contribution in [0.15, 0.2) is 12.2 Å². The molecule has 0 aromatic rings. The van der Waals surface area contributed by atoms with E-state index < -0.39 is 0 Å². The molecule has 2 atom stereocenters. The van der Waals surface area contributed by atoms with E-state index in [1.54, 1.807) is 0 Å². The molecule has 0 amide bonds. The number of hydrogen-bond acceptors (Lipinski definition) is 0. The SMILES string of the molecule is C[C@H](Cl)C[C@@H]1C=CCCC1. The lowest BCUT2D eigenvalue weighted by atomic mass is 9.92. The Morgan fingerprint density at radius 3 is 3.00 bits per heavy atom. The van der Waals surface area contributed by atoms with Gasteiger partial charge in [-0.2, -0.15) is 0 Å². The third-order valence-electron chi connectivity index (χ3n) is 1.98. The van der Waals surface area contributed by atoms with Gasteiger partial charge in [-0.15, -0.1) is 11.6 Å². The van der Waals surface area contributed by atoms with Crippen LogP contribution in [0.2, 0.25) is 0 Å². The Bertz CT molecular complexity index is 116. The first-order valence-electron chi connectivity index (χ1n) is 4.10. The van der Waals surface area contributed by atoms with Crippen LogP contribution in [0.5, 0.6) is 0 Å². The van der Waals surface area contributed by atoms with E-state index in [-0.39, 0.29) is 0 Å². The average Bonchev–Trinajstić information content (AvgIpc) is 1.88. The van der Waals surface area contributed by atoms with Gasteiger partial charge in [-0.1, -0.05) is 12.2 Å². The third-order valence-corrected chi connectivity index (χ3v) is 2.16. The largest absolute Gasteiger partial charge is 0.123 e. The highest BCUT2D eigenvalue weighted by atomic mass is 35.5. The molecule has 0 nitrogen and oxygen atoms in total. The van der Waals surface area contributed by atoms with E-state index in [0.717, 1.165) is 12.3 Å². The minimum Gasteiger partial charge on any atom is -0.123 e. The minimum absolute atomic E-state index is 0.341. The van der Waals surface area contributed by atoms with Gasteiger partial charge < -0.3 is 0 Å². The molecule has 0 aromatic heterocycles. The second-order valence-corrected chi connectivity index (χ2v) is 3.88. The molecule has 0 radical (unpaired) electrons. The third kappa shape index (κ3) is 2.74. The average molecular weight is 159 g/mol. The molecule has 0 N–H and O–H groups in total. The lowest BCUT2D eigenvalue weighted by molar-refractivity contribution is 0.503. The maximum Gasteiger partial charge on any atom is 0.0313 e. The molecule has 0 spiro atoms. The fourth-order valence-corrected chi connectivity index (χ4v) is 1.73. The van der Waals surface area contributed by atoms with E-state index in [9.17, 15) is 0 Å². The van der Waals surface area contributed by atoms with Crippen LogP contribution < -0.4 is 0 Å². The molecule has 1 aliphatic rings. The van der Waals surface area contributed by atoms with Crippen molar-refractivity contribution in [2.75, 3.05) is 0 Å². The number of hydrogen-bond donors (Lipinski definition) is 0. The number of allylic oxidation sites excluding steroid dienone is 2. The van der Waals surface area contributed by atoms with Gasteiger partial charge in [0.1, 0.15) is 0 Å². The van der Waals surface area contributed by atoms with Crippen molar-refractivity contribution in [3.8, 4) is 0 Å². The van der Waals surface area contributed by atoms with Gasteiger partial charge in [0.15, 0.2) is 0 Å². The van der Waals surface area contributed by atoms with Crippen molar-refractivity contribution in [3.63, 3.8) is 0 Å². The predicted octanol–water partition coefficient (Wildman–Crippen LogP) is 3.36. The minimum atomic E-state index is 0.341. The van der Waals surface area contributed by atoms with Crippen LogP contribution in [0.4, 0.5) is 0 Å². The zero-order valence-corrected chi connectivity index (χ0v) is 7.27. The Hall–Kier alpha value is 0.0300. The topological polar surface area (TPSA) is 0 Å². The molecule has 0 saturated heterocycles. The summed E-state index contributed by atoms with van der Waals surface area (Å²) in [5.74, 6) is 0.765. The first kappa shape index (κ1) is 8.13. The number of rotatable bonds is 2. The molecule has 0 bridgehead atoms. The van der Waals surface area contributed by atoms with Crippen molar-refractivity contribution in [1.29, 1.82) is 0 Å². The van der Waals surface area contributed by atoms with Gasteiger partial charge in [0.25, 0.3) is 0 Å². The highest BCUT2D eigenvalue weighted by Crippen LogP contribution is 2.22. The number of alkyl halides is 1. The van der Waals surface area contributed by atoms with Crippen molar-refractivity contribution in [3.05, 3.63) is 12.2 Å². The van der Waals surface area contributed by atoms with Gasteiger partial charge in [-0.05, 0) is 38.5 Å². The summed E-state index contributed by atoms with van der Waals surface area (Å²) in [5, 5.41) is 0.341. The van der Waals surface area contributed by atoms with Gasteiger partial charge in [0, 0.05) is 5.38 Å². The first-order chi connectivity index (χ1) is 4.79. The van der Waals surface area contributed by atoms with Gasteiger partial charge in [-0.3, -0.25) is 0 Å². The highest BCUT2D eigenvalue weighted by molar-refractivity contribution is 6.20. The summed E-state index contributed by atoms with van der Waals surface area (Å²) in [6, 6.07) is 0. The monoisotopic (exact) mass is 158 g/mol. The molecule has 58 valence electrons. The second-order valence-electron chi connectivity index (χ2n) is 3.14. The molecular weight excluding hydrogens is 144 g/mol. The molecule has 0 unspecified atom stereocenters. The predicted molar refractivity (Wildman–Crippen MR) is 46.4 cm³/mol. The number of halogens is 1. The van der Waals surface area contributed by atoms with Crippen LogP contribution in [0, 0.1) is 5.92 Å². The molecule has 0 fully saturated rings. The van der Waals surface area contributed by atoms with Gasteiger partial charge in [0.2, 0.25) is 0 Å².